The summed E-state index contributed by atoms with van der Waals surface area (Å²) >= 11 is 0. The summed E-state index contributed by atoms with van der Waals surface area (Å²) in [7, 11) is 0. The fraction of sp³-hybridized carbons (Fsp3) is 1.00. The molecule has 0 heterocycles. The van der Waals surface area contributed by atoms with Gasteiger partial charge in [0.15, 0.2) is 0 Å². The molecule has 0 aliphatic heterocycles. The minimum Gasteiger partial charge on any atom is -0.394 e. The summed E-state index contributed by atoms with van der Waals surface area (Å²) in [5, 5.41) is 8.62. The minimum atomic E-state index is 0.0707. The molecule has 26 heavy (non-hydrogen) atoms. The van der Waals surface area contributed by atoms with Crippen LogP contribution in [0.4, 0.5) is 0 Å². The third-order valence-electron chi connectivity index (χ3n) is 4.70. The van der Waals surface area contributed by atoms with E-state index >= 15 is 0 Å². The highest BCUT2D eigenvalue weighted by Crippen LogP contribution is 2.16. The lowest BCUT2D eigenvalue weighted by Gasteiger charge is -2.18. The highest BCUT2D eigenvalue weighted by Gasteiger charge is 2.08. The Morgan fingerprint density at radius 2 is 1.04 bits per heavy atom. The first-order valence-electron chi connectivity index (χ1n) is 11.2. The summed E-state index contributed by atoms with van der Waals surface area (Å²) in [6, 6.07) is 0. The average molecular weight is 375 g/mol. The molecule has 0 aliphatic rings. The molecule has 0 spiro atoms. The standard InChI is InChI=1S/C22H46O4/c1-3-5-7-8-9-10-11-13-15-22(14-12-6-4-2)26-21-20-25-19-18-24-17-16-23/h22-23H,3-21H2,1-2H3. The van der Waals surface area contributed by atoms with Gasteiger partial charge in [-0.1, -0.05) is 84.5 Å². The molecule has 158 valence electrons. The molecule has 1 unspecified atom stereocenters. The van der Waals surface area contributed by atoms with Crippen molar-refractivity contribution in [1.82, 2.24) is 0 Å². The van der Waals surface area contributed by atoms with Gasteiger partial charge in [0.1, 0.15) is 0 Å². The summed E-state index contributed by atoms with van der Waals surface area (Å²) in [5.41, 5.74) is 0. The van der Waals surface area contributed by atoms with Crippen LogP contribution in [-0.2, 0) is 14.2 Å². The molecule has 4 heteroatoms. The van der Waals surface area contributed by atoms with E-state index in [0.29, 0.717) is 39.1 Å². The van der Waals surface area contributed by atoms with Crippen molar-refractivity contribution in [2.45, 2.75) is 103 Å². The van der Waals surface area contributed by atoms with E-state index in [9.17, 15) is 0 Å². The topological polar surface area (TPSA) is 47.9 Å². The maximum Gasteiger partial charge on any atom is 0.0704 e. The first-order valence-corrected chi connectivity index (χ1v) is 11.2. The van der Waals surface area contributed by atoms with Gasteiger partial charge < -0.3 is 19.3 Å². The van der Waals surface area contributed by atoms with Crippen molar-refractivity contribution in [2.24, 2.45) is 0 Å². The molecule has 0 saturated carbocycles. The molecular formula is C22H46O4. The van der Waals surface area contributed by atoms with Gasteiger partial charge >= 0.3 is 0 Å². The van der Waals surface area contributed by atoms with Crippen LogP contribution in [-0.4, -0.2) is 50.9 Å². The summed E-state index contributed by atoms with van der Waals surface area (Å²) in [6.07, 6.45) is 17.6. The Balaban J connectivity index is 3.63. The number of unbranched alkanes of at least 4 members (excludes halogenated alkanes) is 9. The van der Waals surface area contributed by atoms with Crippen LogP contribution in [0.2, 0.25) is 0 Å². The van der Waals surface area contributed by atoms with Crippen molar-refractivity contribution in [2.75, 3.05) is 39.6 Å². The second kappa shape index (κ2) is 22.9. The Labute approximate surface area is 163 Å². The first-order chi connectivity index (χ1) is 12.8. The van der Waals surface area contributed by atoms with Crippen LogP contribution >= 0.6 is 0 Å². The second-order valence-corrected chi connectivity index (χ2v) is 7.20. The largest absolute Gasteiger partial charge is 0.394 e. The Morgan fingerprint density at radius 1 is 0.577 bits per heavy atom. The monoisotopic (exact) mass is 374 g/mol. The normalized spacial score (nSPS) is 12.6. The Hall–Kier alpha value is -0.160. The highest BCUT2D eigenvalue weighted by molar-refractivity contribution is 4.60. The minimum absolute atomic E-state index is 0.0707. The molecule has 0 saturated heterocycles. The number of rotatable bonds is 22. The van der Waals surface area contributed by atoms with E-state index < -0.39 is 0 Å². The second-order valence-electron chi connectivity index (χ2n) is 7.20. The van der Waals surface area contributed by atoms with Gasteiger partial charge in [0.2, 0.25) is 0 Å². The molecule has 0 radical (unpaired) electrons. The fourth-order valence-electron chi connectivity index (χ4n) is 3.10. The summed E-state index contributed by atoms with van der Waals surface area (Å²) in [6.45, 7) is 7.40. The molecule has 1 atom stereocenters. The lowest BCUT2D eigenvalue weighted by Crippen LogP contribution is -2.17. The van der Waals surface area contributed by atoms with Crippen molar-refractivity contribution in [3.63, 3.8) is 0 Å². The number of aliphatic hydroxyl groups is 1. The molecule has 0 fully saturated rings. The maximum absolute atomic E-state index is 8.62. The van der Waals surface area contributed by atoms with Crippen molar-refractivity contribution < 1.29 is 19.3 Å². The SMILES string of the molecule is CCCCCCCCCCC(CCCCC)OCCOCCOCCO. The Morgan fingerprint density at radius 3 is 1.65 bits per heavy atom. The van der Waals surface area contributed by atoms with E-state index in [-0.39, 0.29) is 6.61 Å². The van der Waals surface area contributed by atoms with Crippen molar-refractivity contribution in [1.29, 1.82) is 0 Å². The molecule has 0 bridgehead atoms. The first kappa shape index (κ1) is 25.8. The zero-order valence-corrected chi connectivity index (χ0v) is 17.7. The van der Waals surface area contributed by atoms with Crippen LogP contribution in [0.3, 0.4) is 0 Å². The zero-order chi connectivity index (χ0) is 19.1. The van der Waals surface area contributed by atoms with Crippen molar-refractivity contribution >= 4 is 0 Å². The molecule has 0 rings (SSSR count). The summed E-state index contributed by atoms with van der Waals surface area (Å²) < 4.78 is 16.8. The van der Waals surface area contributed by atoms with Crippen molar-refractivity contribution in [3.05, 3.63) is 0 Å². The zero-order valence-electron chi connectivity index (χ0n) is 17.7. The van der Waals surface area contributed by atoms with Crippen LogP contribution in [0.1, 0.15) is 97.3 Å². The molecule has 0 aromatic carbocycles. The van der Waals surface area contributed by atoms with Crippen molar-refractivity contribution in [3.8, 4) is 0 Å². The van der Waals surface area contributed by atoms with Gasteiger partial charge in [0, 0.05) is 0 Å². The molecule has 0 aliphatic carbocycles. The van der Waals surface area contributed by atoms with E-state index in [4.69, 9.17) is 19.3 Å². The van der Waals surface area contributed by atoms with Gasteiger partial charge in [-0.25, -0.2) is 0 Å². The van der Waals surface area contributed by atoms with Gasteiger partial charge in [-0.2, -0.15) is 0 Å². The summed E-state index contributed by atoms with van der Waals surface area (Å²) in [5.74, 6) is 0. The van der Waals surface area contributed by atoms with E-state index in [1.54, 1.807) is 0 Å². The average Bonchev–Trinajstić information content (AvgIpc) is 2.65. The molecule has 0 aromatic heterocycles. The van der Waals surface area contributed by atoms with Gasteiger partial charge in [-0.05, 0) is 12.8 Å². The van der Waals surface area contributed by atoms with Crippen LogP contribution in [0.15, 0.2) is 0 Å². The van der Waals surface area contributed by atoms with E-state index in [1.165, 1.54) is 83.5 Å². The molecule has 0 amide bonds. The molecular weight excluding hydrogens is 328 g/mol. The van der Waals surface area contributed by atoms with Gasteiger partial charge in [0.25, 0.3) is 0 Å². The van der Waals surface area contributed by atoms with Crippen LogP contribution in [0.25, 0.3) is 0 Å². The van der Waals surface area contributed by atoms with E-state index in [0.717, 1.165) is 0 Å². The van der Waals surface area contributed by atoms with Crippen LogP contribution in [0.5, 0.6) is 0 Å². The molecule has 1 N–H and O–H groups in total. The number of hydrogen-bond donors (Lipinski definition) is 1. The lowest BCUT2D eigenvalue weighted by atomic mass is 10.0. The number of hydrogen-bond acceptors (Lipinski definition) is 4. The van der Waals surface area contributed by atoms with Gasteiger partial charge in [-0.15, -0.1) is 0 Å². The van der Waals surface area contributed by atoms with Gasteiger partial charge in [0.05, 0.1) is 45.7 Å². The maximum atomic E-state index is 8.62. The Kier molecular flexibility index (Phi) is 22.7. The Bertz CT molecular complexity index is 228. The third kappa shape index (κ3) is 20.2. The van der Waals surface area contributed by atoms with Crippen LogP contribution < -0.4 is 0 Å². The predicted molar refractivity (Wildman–Crippen MR) is 110 cm³/mol. The number of aliphatic hydroxyl groups excluding tert-OH is 1. The molecule has 4 nitrogen and oxygen atoms in total. The quantitative estimate of drug-likeness (QED) is 0.254. The third-order valence-corrected chi connectivity index (χ3v) is 4.70. The highest BCUT2D eigenvalue weighted by atomic mass is 16.5. The predicted octanol–water partition coefficient (Wildman–Crippen LogP) is 5.51. The smallest absolute Gasteiger partial charge is 0.0704 e. The summed E-state index contributed by atoms with van der Waals surface area (Å²) in [4.78, 5) is 0. The van der Waals surface area contributed by atoms with E-state index in [1.807, 2.05) is 0 Å². The lowest BCUT2D eigenvalue weighted by molar-refractivity contribution is -0.0199. The van der Waals surface area contributed by atoms with E-state index in [2.05, 4.69) is 13.8 Å². The fourth-order valence-corrected chi connectivity index (χ4v) is 3.10. The van der Waals surface area contributed by atoms with Crippen LogP contribution in [0, 0.1) is 0 Å². The number of ether oxygens (including phenoxy) is 3. The van der Waals surface area contributed by atoms with Gasteiger partial charge in [-0.3, -0.25) is 0 Å². The molecule has 0 aromatic rings.